The predicted molar refractivity (Wildman–Crippen MR) is 18.7 cm³/mol. The van der Waals surface area contributed by atoms with Gasteiger partial charge in [0.15, 0.2) is 0 Å². The van der Waals surface area contributed by atoms with Gasteiger partial charge in [0.25, 0.3) is 0 Å². The zero-order valence-corrected chi connectivity index (χ0v) is 19.7. The predicted octanol–water partition coefficient (Wildman–Crippen LogP) is -17.7. The third kappa shape index (κ3) is 197. The SMILES string of the molecule is O=N[O-].O=P([O-])([O-])[O-].[Na+].[Na+].[Na+].[Na+].[Na+].[OH-]. The molecule has 0 heterocycles. The van der Waals surface area contributed by atoms with Crippen molar-refractivity contribution in [3.63, 3.8) is 0 Å². The molecule has 0 aliphatic carbocycles. The molecule has 58 valence electrons. The normalized spacial score (nSPS) is 5.07. The minimum atomic E-state index is -5.39. The van der Waals surface area contributed by atoms with E-state index in [1.54, 1.807) is 0 Å². The Labute approximate surface area is 191 Å². The summed E-state index contributed by atoms with van der Waals surface area (Å²) in [5.41, 5.74) is 0. The van der Waals surface area contributed by atoms with E-state index in [1.807, 2.05) is 0 Å². The van der Waals surface area contributed by atoms with E-state index in [4.69, 9.17) is 29.4 Å². The van der Waals surface area contributed by atoms with Crippen LogP contribution in [0, 0.1) is 10.1 Å². The molecule has 0 saturated heterocycles. The van der Waals surface area contributed by atoms with Crippen LogP contribution in [0.3, 0.4) is 0 Å². The molecule has 0 saturated carbocycles. The summed E-state index contributed by atoms with van der Waals surface area (Å²) < 4.78 is 8.55. The number of phosphoric acid groups is 1. The average molecular weight is 273 g/mol. The molecular weight excluding hydrogens is 272 g/mol. The summed E-state index contributed by atoms with van der Waals surface area (Å²) in [5, 5.41) is 9.00. The van der Waals surface area contributed by atoms with E-state index in [9.17, 15) is 0 Å². The third-order valence-electron chi connectivity index (χ3n) is 0. The molecule has 0 aliphatic rings. The molecule has 0 spiro atoms. The minimum absolute atomic E-state index is 0. The van der Waals surface area contributed by atoms with Gasteiger partial charge in [-0.15, -0.1) is 5.34 Å². The van der Waals surface area contributed by atoms with Crippen LogP contribution in [0.25, 0.3) is 0 Å². The standard InChI is InChI=1S/HNO2.5Na.H3O4P.H2O/c2-1-3;;;;;;1-5(2,3)4;/h(H,2,3);;;;;;(H3,1,2,3,4);1H2/q;5*+1;;/p-5. The molecule has 0 unspecified atom stereocenters. The van der Waals surface area contributed by atoms with Gasteiger partial charge in [0.1, 0.15) is 0 Å². The molecule has 1 N–H and O–H groups in total. The summed E-state index contributed by atoms with van der Waals surface area (Å²) in [5.74, 6) is 0. The van der Waals surface area contributed by atoms with E-state index < -0.39 is 7.82 Å². The van der Waals surface area contributed by atoms with Crippen LogP contribution in [0.4, 0.5) is 0 Å². The number of rotatable bonds is 0. The van der Waals surface area contributed by atoms with Gasteiger partial charge in [0.05, 0.1) is 0 Å². The topological polar surface area (TPSA) is 169 Å². The van der Waals surface area contributed by atoms with Gasteiger partial charge in [0, 0.05) is 0 Å². The maximum atomic E-state index is 8.55. The average Bonchev–Trinajstić information content (AvgIpc) is 1.27. The third-order valence-corrected chi connectivity index (χ3v) is 0. The van der Waals surface area contributed by atoms with Gasteiger partial charge in [-0.3, -0.25) is 0 Å². The first-order chi connectivity index (χ1) is 3.41. The Balaban J connectivity index is -0.00000000626. The zero-order valence-electron chi connectivity index (χ0n) is 8.79. The van der Waals surface area contributed by atoms with Crippen LogP contribution < -0.4 is 162 Å². The van der Waals surface area contributed by atoms with Crippen molar-refractivity contribution >= 4 is 7.82 Å². The van der Waals surface area contributed by atoms with Gasteiger partial charge in [0.2, 0.25) is 0 Å². The fourth-order valence-electron chi connectivity index (χ4n) is 0. The van der Waals surface area contributed by atoms with Crippen LogP contribution in [0.15, 0.2) is 5.34 Å². The molecule has 0 aromatic heterocycles. The summed E-state index contributed by atoms with van der Waals surface area (Å²) >= 11 is 0. The van der Waals surface area contributed by atoms with Crippen molar-refractivity contribution in [1.29, 1.82) is 0 Å². The first-order valence-corrected chi connectivity index (χ1v) is 2.56. The van der Waals surface area contributed by atoms with Crippen molar-refractivity contribution in [3.05, 3.63) is 10.1 Å². The van der Waals surface area contributed by atoms with Crippen LogP contribution in [0.1, 0.15) is 0 Å². The summed E-state index contributed by atoms with van der Waals surface area (Å²) in [6, 6.07) is 0. The molecule has 0 fully saturated rings. The van der Waals surface area contributed by atoms with Gasteiger partial charge in [-0.25, -0.2) is 0 Å². The molecule has 14 heteroatoms. The van der Waals surface area contributed by atoms with Crippen molar-refractivity contribution in [1.82, 2.24) is 0 Å². The van der Waals surface area contributed by atoms with Crippen molar-refractivity contribution in [3.8, 4) is 0 Å². The van der Waals surface area contributed by atoms with Gasteiger partial charge >= 0.3 is 148 Å². The van der Waals surface area contributed by atoms with Gasteiger partial charge in [-0.05, 0) is 0 Å². The molecule has 0 aromatic rings. The van der Waals surface area contributed by atoms with Crippen LogP contribution in [-0.4, -0.2) is 5.48 Å². The first-order valence-electron chi connectivity index (χ1n) is 1.10. The Morgan fingerprint density at radius 2 is 0.857 bits per heavy atom. The van der Waals surface area contributed by atoms with E-state index in [0.717, 1.165) is 5.34 Å². The fourth-order valence-corrected chi connectivity index (χ4v) is 0. The van der Waals surface area contributed by atoms with Crippen LogP contribution >= 0.6 is 7.82 Å². The summed E-state index contributed by atoms with van der Waals surface area (Å²) in [6.07, 6.45) is 0. The van der Waals surface area contributed by atoms with E-state index in [2.05, 4.69) is 0 Å². The van der Waals surface area contributed by atoms with Crippen molar-refractivity contribution < 1.29 is 173 Å². The largest absolute Gasteiger partial charge is 1.00 e. The molecule has 0 aliphatic heterocycles. The molecule has 0 rings (SSSR count). The second kappa shape index (κ2) is 36.0. The van der Waals surface area contributed by atoms with E-state index in [0.29, 0.717) is 0 Å². The zero-order chi connectivity index (χ0) is 7.21. The molecule has 14 heavy (non-hydrogen) atoms. The molecule has 0 atom stereocenters. The second-order valence-corrected chi connectivity index (χ2v) is 1.42. The van der Waals surface area contributed by atoms with Crippen molar-refractivity contribution in [2.24, 2.45) is 5.34 Å². The summed E-state index contributed by atoms with van der Waals surface area (Å²) in [4.78, 5) is 33.6. The number of hydrogen-bond donors (Lipinski definition) is 0. The monoisotopic (exact) mass is 273 g/mol. The molecule has 8 nitrogen and oxygen atoms in total. The van der Waals surface area contributed by atoms with Crippen LogP contribution in [0.2, 0.25) is 0 Å². The van der Waals surface area contributed by atoms with Crippen LogP contribution in [0.5, 0.6) is 0 Å². The van der Waals surface area contributed by atoms with E-state index in [1.165, 1.54) is 0 Å². The Hall–Kier alpha value is 4.47. The maximum absolute atomic E-state index is 8.55. The fraction of sp³-hybridized carbons (Fsp3) is 0. The second-order valence-electron chi connectivity index (χ2n) is 0.522. The quantitative estimate of drug-likeness (QED) is 0.182. The molecule has 0 radical (unpaired) electrons. The Morgan fingerprint density at radius 3 is 0.857 bits per heavy atom. The van der Waals surface area contributed by atoms with Gasteiger partial charge in [-0.2, -0.15) is 7.82 Å². The summed E-state index contributed by atoms with van der Waals surface area (Å²) in [7, 11) is -5.39. The van der Waals surface area contributed by atoms with E-state index in [-0.39, 0.29) is 153 Å². The van der Waals surface area contributed by atoms with Gasteiger partial charge < -0.3 is 34.8 Å². The van der Waals surface area contributed by atoms with Crippen LogP contribution in [-0.2, 0) is 4.57 Å². The maximum Gasteiger partial charge on any atom is 1.00 e. The first kappa shape index (κ1) is 51.4. The van der Waals surface area contributed by atoms with Crippen molar-refractivity contribution in [2.45, 2.75) is 0 Å². The Bertz CT molecular complexity index is 96.0. The minimum Gasteiger partial charge on any atom is -0.870 e. The van der Waals surface area contributed by atoms with Crippen molar-refractivity contribution in [2.75, 3.05) is 0 Å². The van der Waals surface area contributed by atoms with E-state index >= 15 is 0 Å². The molecule has 0 bridgehead atoms. The Kier molecular flexibility index (Phi) is 132. The number of hydrogen-bond acceptors (Lipinski definition) is 8. The smallest absolute Gasteiger partial charge is 0.870 e. The number of nitrogens with zero attached hydrogens (tertiary/aromatic N) is 1. The molecular formula is HNNa5O7P. The molecule has 0 aromatic carbocycles. The molecule has 0 amide bonds. The Morgan fingerprint density at radius 1 is 0.857 bits per heavy atom. The van der Waals surface area contributed by atoms with Gasteiger partial charge in [-0.1, -0.05) is 0 Å². The summed E-state index contributed by atoms with van der Waals surface area (Å²) in [6.45, 7) is 0.